The Morgan fingerprint density at radius 1 is 1.38 bits per heavy atom. The van der Waals surface area contributed by atoms with E-state index in [1.807, 2.05) is 0 Å². The monoisotopic (exact) mass is 223 g/mol. The molecule has 0 aliphatic heterocycles. The van der Waals surface area contributed by atoms with Gasteiger partial charge in [0.15, 0.2) is 13.2 Å². The van der Waals surface area contributed by atoms with Crippen molar-refractivity contribution in [3.8, 4) is 18.4 Å². The van der Waals surface area contributed by atoms with Gasteiger partial charge in [-0.2, -0.15) is 5.26 Å². The highest BCUT2D eigenvalue weighted by Gasteiger charge is 2.16. The number of hydrogen-bond acceptors (Lipinski definition) is 5. The first-order valence-corrected chi connectivity index (χ1v) is 4.74. The minimum atomic E-state index is -0.502. The average Bonchev–Trinajstić information content (AvgIpc) is 2.30. The smallest absolute Gasteiger partial charge is 0.309 e. The van der Waals surface area contributed by atoms with Crippen LogP contribution in [0, 0.1) is 29.6 Å². The number of ether oxygens (including phenoxy) is 2. The normalized spacial score (nSPS) is 10.7. The van der Waals surface area contributed by atoms with Crippen molar-refractivity contribution in [1.82, 2.24) is 0 Å². The van der Waals surface area contributed by atoms with E-state index in [-0.39, 0.29) is 19.6 Å². The van der Waals surface area contributed by atoms with Crippen LogP contribution in [0.5, 0.6) is 0 Å². The van der Waals surface area contributed by atoms with E-state index >= 15 is 0 Å². The van der Waals surface area contributed by atoms with E-state index < -0.39 is 17.9 Å². The van der Waals surface area contributed by atoms with Crippen LogP contribution in [0.4, 0.5) is 0 Å². The Hall–Kier alpha value is -2.01. The Balaban J connectivity index is 3.76. The molecule has 86 valence electrons. The molecule has 0 aromatic rings. The second kappa shape index (κ2) is 8.31. The average molecular weight is 223 g/mol. The highest BCUT2D eigenvalue weighted by molar-refractivity contribution is 5.74. The van der Waals surface area contributed by atoms with Crippen LogP contribution in [0.1, 0.15) is 19.8 Å². The summed E-state index contributed by atoms with van der Waals surface area (Å²) in [5.41, 5.74) is 0. The molecule has 0 saturated carbocycles. The molecule has 0 heterocycles. The summed E-state index contributed by atoms with van der Waals surface area (Å²) in [5.74, 6) is 0.821. The van der Waals surface area contributed by atoms with Crippen LogP contribution >= 0.6 is 0 Å². The first-order valence-electron chi connectivity index (χ1n) is 4.74. The molecule has 0 rings (SSSR count). The third-order valence-electron chi connectivity index (χ3n) is 1.78. The molecule has 0 spiro atoms. The number of nitriles is 1. The Bertz CT molecular complexity index is 324. The van der Waals surface area contributed by atoms with Gasteiger partial charge < -0.3 is 9.47 Å². The standard InChI is InChI=1S/C11H13NO4/c1-3-7-16-11(14)9(2)4-5-10(13)15-8-6-12/h1,9H,4-5,7-8H2,2H3. The molecule has 0 aromatic carbocycles. The van der Waals surface area contributed by atoms with E-state index in [0.29, 0.717) is 6.42 Å². The van der Waals surface area contributed by atoms with Crippen LogP contribution in [-0.2, 0) is 19.1 Å². The first-order chi connectivity index (χ1) is 7.61. The highest BCUT2D eigenvalue weighted by atomic mass is 16.5. The number of carbonyl (C=O) groups is 2. The molecule has 5 nitrogen and oxygen atoms in total. The molecule has 0 aromatic heterocycles. The predicted molar refractivity (Wildman–Crippen MR) is 54.8 cm³/mol. The zero-order valence-corrected chi connectivity index (χ0v) is 9.06. The topological polar surface area (TPSA) is 76.4 Å². The third kappa shape index (κ3) is 6.44. The summed E-state index contributed by atoms with van der Waals surface area (Å²) in [6.45, 7) is 1.30. The minimum absolute atomic E-state index is 0.0674. The molecule has 0 aliphatic rings. The van der Waals surface area contributed by atoms with Crippen molar-refractivity contribution < 1.29 is 19.1 Å². The SMILES string of the molecule is C#CCOC(=O)C(C)CCC(=O)OCC#N. The van der Waals surface area contributed by atoms with Crippen LogP contribution in [0.15, 0.2) is 0 Å². The molecular weight excluding hydrogens is 210 g/mol. The highest BCUT2D eigenvalue weighted by Crippen LogP contribution is 2.08. The molecule has 16 heavy (non-hydrogen) atoms. The van der Waals surface area contributed by atoms with Gasteiger partial charge >= 0.3 is 11.9 Å². The van der Waals surface area contributed by atoms with Gasteiger partial charge in [-0.15, -0.1) is 6.42 Å². The van der Waals surface area contributed by atoms with Crippen LogP contribution in [0.2, 0.25) is 0 Å². The van der Waals surface area contributed by atoms with E-state index in [1.165, 1.54) is 0 Å². The molecule has 0 bridgehead atoms. The van der Waals surface area contributed by atoms with E-state index in [2.05, 4.69) is 15.4 Å². The van der Waals surface area contributed by atoms with Crippen molar-refractivity contribution >= 4 is 11.9 Å². The van der Waals surface area contributed by atoms with Crippen molar-refractivity contribution in [3.63, 3.8) is 0 Å². The van der Waals surface area contributed by atoms with Crippen LogP contribution in [0.25, 0.3) is 0 Å². The number of esters is 2. The summed E-state index contributed by atoms with van der Waals surface area (Å²) in [7, 11) is 0. The van der Waals surface area contributed by atoms with E-state index in [9.17, 15) is 9.59 Å². The second-order valence-corrected chi connectivity index (χ2v) is 3.07. The fraction of sp³-hybridized carbons (Fsp3) is 0.545. The van der Waals surface area contributed by atoms with Gasteiger partial charge in [0.2, 0.25) is 0 Å². The van der Waals surface area contributed by atoms with Crippen LogP contribution < -0.4 is 0 Å². The summed E-state index contributed by atoms with van der Waals surface area (Å²) < 4.78 is 9.20. The van der Waals surface area contributed by atoms with Crippen molar-refractivity contribution in [2.45, 2.75) is 19.8 Å². The van der Waals surface area contributed by atoms with Gasteiger partial charge in [-0.3, -0.25) is 9.59 Å². The van der Waals surface area contributed by atoms with Gasteiger partial charge in [0.05, 0.1) is 5.92 Å². The molecule has 1 atom stereocenters. The van der Waals surface area contributed by atoms with E-state index in [1.54, 1.807) is 13.0 Å². The maximum Gasteiger partial charge on any atom is 0.309 e. The predicted octanol–water partition coefficient (Wildman–Crippen LogP) is 0.646. The molecule has 0 saturated heterocycles. The third-order valence-corrected chi connectivity index (χ3v) is 1.78. The number of carbonyl (C=O) groups excluding carboxylic acids is 2. The minimum Gasteiger partial charge on any atom is -0.452 e. The molecule has 0 amide bonds. The van der Waals surface area contributed by atoms with Gasteiger partial charge in [0.1, 0.15) is 6.07 Å². The first kappa shape index (κ1) is 14.0. The Kier molecular flexibility index (Phi) is 7.27. The number of hydrogen-bond donors (Lipinski definition) is 0. The van der Waals surface area contributed by atoms with Gasteiger partial charge in [0, 0.05) is 6.42 Å². The number of terminal acetylenes is 1. The van der Waals surface area contributed by atoms with E-state index in [0.717, 1.165) is 0 Å². The molecule has 0 aliphatic carbocycles. The molecule has 5 heteroatoms. The number of rotatable bonds is 6. The summed E-state index contributed by atoms with van der Waals surface area (Å²) in [5, 5.41) is 8.16. The van der Waals surface area contributed by atoms with Crippen molar-refractivity contribution in [2.75, 3.05) is 13.2 Å². The molecule has 0 radical (unpaired) electrons. The molecular formula is C11H13NO4. The molecule has 0 fully saturated rings. The molecule has 1 unspecified atom stereocenters. The lowest BCUT2D eigenvalue weighted by molar-refractivity contribution is -0.147. The van der Waals surface area contributed by atoms with Crippen LogP contribution in [-0.4, -0.2) is 25.2 Å². The Morgan fingerprint density at radius 3 is 2.62 bits per heavy atom. The van der Waals surface area contributed by atoms with Gasteiger partial charge in [-0.25, -0.2) is 0 Å². The van der Waals surface area contributed by atoms with Gasteiger partial charge in [-0.05, 0) is 6.42 Å². The largest absolute Gasteiger partial charge is 0.452 e. The van der Waals surface area contributed by atoms with E-state index in [4.69, 9.17) is 11.7 Å². The quantitative estimate of drug-likeness (QED) is 0.488. The maximum absolute atomic E-state index is 11.2. The number of nitrogens with zero attached hydrogens (tertiary/aromatic N) is 1. The Morgan fingerprint density at radius 2 is 2.06 bits per heavy atom. The summed E-state index contributed by atoms with van der Waals surface area (Å²) in [6.07, 6.45) is 5.31. The lowest BCUT2D eigenvalue weighted by Gasteiger charge is -2.08. The fourth-order valence-corrected chi connectivity index (χ4v) is 0.892. The summed E-state index contributed by atoms with van der Waals surface area (Å²) in [4.78, 5) is 22.2. The van der Waals surface area contributed by atoms with Gasteiger partial charge in [0.25, 0.3) is 0 Å². The lowest BCUT2D eigenvalue weighted by Crippen LogP contribution is -2.17. The Labute approximate surface area is 94.3 Å². The zero-order chi connectivity index (χ0) is 12.4. The van der Waals surface area contributed by atoms with Crippen molar-refractivity contribution in [1.29, 1.82) is 5.26 Å². The second-order valence-electron chi connectivity index (χ2n) is 3.07. The summed E-state index contributed by atoms with van der Waals surface area (Å²) in [6, 6.07) is 1.68. The van der Waals surface area contributed by atoms with Crippen molar-refractivity contribution in [3.05, 3.63) is 0 Å². The summed E-state index contributed by atoms with van der Waals surface area (Å²) >= 11 is 0. The molecule has 0 N–H and O–H groups in total. The fourth-order valence-electron chi connectivity index (χ4n) is 0.892. The lowest BCUT2D eigenvalue weighted by atomic mass is 10.1. The van der Waals surface area contributed by atoms with Crippen molar-refractivity contribution in [2.24, 2.45) is 5.92 Å². The zero-order valence-electron chi connectivity index (χ0n) is 9.06. The van der Waals surface area contributed by atoms with Gasteiger partial charge in [-0.1, -0.05) is 12.8 Å². The maximum atomic E-state index is 11.2. The van der Waals surface area contributed by atoms with Crippen LogP contribution in [0.3, 0.4) is 0 Å².